The van der Waals surface area contributed by atoms with Crippen LogP contribution in [0.15, 0.2) is 41.8 Å². The minimum atomic E-state index is -1.41. The van der Waals surface area contributed by atoms with Crippen LogP contribution in [0.3, 0.4) is 0 Å². The molecule has 0 fully saturated rings. The average molecular weight is 276 g/mol. The van der Waals surface area contributed by atoms with Crippen molar-refractivity contribution in [3.05, 3.63) is 47.4 Å². The van der Waals surface area contributed by atoms with E-state index < -0.39 is 8.07 Å². The average Bonchev–Trinajstić information content (AvgIpc) is 2.37. The quantitative estimate of drug-likeness (QED) is 0.432. The Morgan fingerprint density at radius 1 is 1.21 bits per heavy atom. The highest BCUT2D eigenvalue weighted by Crippen LogP contribution is 2.20. The summed E-state index contributed by atoms with van der Waals surface area (Å²) in [6.45, 7) is 9.60. The first-order valence-electron chi connectivity index (χ1n) is 6.63. The van der Waals surface area contributed by atoms with Crippen LogP contribution in [-0.4, -0.2) is 21.8 Å². The molecule has 0 amide bonds. The molecule has 1 rings (SSSR count). The summed E-state index contributed by atoms with van der Waals surface area (Å²) in [4.78, 5) is 0. The third-order valence-electron chi connectivity index (χ3n) is 2.70. The van der Waals surface area contributed by atoms with Gasteiger partial charge in [0.05, 0.1) is 19.1 Å². The highest BCUT2D eigenvalue weighted by molar-refractivity contribution is 6.82. The molecule has 0 saturated carbocycles. The van der Waals surface area contributed by atoms with Crippen LogP contribution in [-0.2, 0) is 4.74 Å². The minimum absolute atomic E-state index is 0.721. The van der Waals surface area contributed by atoms with E-state index in [-0.39, 0.29) is 0 Å². The Morgan fingerprint density at radius 2 is 1.89 bits per heavy atom. The number of benzene rings is 1. The van der Waals surface area contributed by atoms with E-state index in [9.17, 15) is 0 Å². The summed E-state index contributed by atoms with van der Waals surface area (Å²) < 4.78 is 11.1. The molecule has 0 aromatic heterocycles. The van der Waals surface area contributed by atoms with Crippen molar-refractivity contribution in [2.24, 2.45) is 0 Å². The number of hydrogen-bond acceptors (Lipinski definition) is 2. The second kappa shape index (κ2) is 7.19. The van der Waals surface area contributed by atoms with Crippen molar-refractivity contribution in [3.8, 4) is 5.75 Å². The van der Waals surface area contributed by atoms with Crippen molar-refractivity contribution in [2.45, 2.75) is 26.6 Å². The SMILES string of the molecule is CCO/C(=C/C=C/c1ccccc1OC)[Si](C)(C)C. The molecule has 1 aromatic rings. The fourth-order valence-electron chi connectivity index (χ4n) is 1.71. The molecule has 104 valence electrons. The molecule has 3 heteroatoms. The molecule has 2 nitrogen and oxygen atoms in total. The lowest BCUT2D eigenvalue weighted by molar-refractivity contribution is 0.250. The smallest absolute Gasteiger partial charge is 0.126 e. The zero-order chi connectivity index (χ0) is 14.3. The molecule has 0 aliphatic carbocycles. The maximum Gasteiger partial charge on any atom is 0.126 e. The first-order valence-corrected chi connectivity index (χ1v) is 10.1. The number of ether oxygens (including phenoxy) is 2. The number of allylic oxidation sites excluding steroid dienone is 2. The summed E-state index contributed by atoms with van der Waals surface area (Å²) in [6, 6.07) is 7.98. The lowest BCUT2D eigenvalue weighted by Gasteiger charge is -2.20. The Morgan fingerprint density at radius 3 is 2.47 bits per heavy atom. The predicted octanol–water partition coefficient (Wildman–Crippen LogP) is 4.51. The van der Waals surface area contributed by atoms with E-state index in [0.29, 0.717) is 0 Å². The Bertz CT molecular complexity index is 456. The van der Waals surface area contributed by atoms with Crippen LogP contribution in [0.25, 0.3) is 6.08 Å². The van der Waals surface area contributed by atoms with Crippen molar-refractivity contribution < 1.29 is 9.47 Å². The van der Waals surface area contributed by atoms with Crippen LogP contribution in [0.2, 0.25) is 19.6 Å². The predicted molar refractivity (Wildman–Crippen MR) is 85.1 cm³/mol. The van der Waals surface area contributed by atoms with Crippen LogP contribution >= 0.6 is 0 Å². The van der Waals surface area contributed by atoms with Crippen LogP contribution in [0.5, 0.6) is 5.75 Å². The van der Waals surface area contributed by atoms with Gasteiger partial charge in [-0.2, -0.15) is 0 Å². The van der Waals surface area contributed by atoms with Gasteiger partial charge in [-0.1, -0.05) is 50.0 Å². The van der Waals surface area contributed by atoms with Gasteiger partial charge in [0.25, 0.3) is 0 Å². The summed E-state index contributed by atoms with van der Waals surface area (Å²) in [7, 11) is 0.279. The maximum atomic E-state index is 5.74. The van der Waals surface area contributed by atoms with Crippen molar-refractivity contribution >= 4 is 14.1 Å². The summed E-state index contributed by atoms with van der Waals surface area (Å²) in [6.07, 6.45) is 6.18. The zero-order valence-electron chi connectivity index (χ0n) is 12.6. The normalized spacial score (nSPS) is 12.8. The van der Waals surface area contributed by atoms with Crippen molar-refractivity contribution in [1.82, 2.24) is 0 Å². The molecule has 0 aliphatic heterocycles. The lowest BCUT2D eigenvalue weighted by Crippen LogP contribution is -2.25. The second-order valence-electron chi connectivity index (χ2n) is 5.31. The van der Waals surface area contributed by atoms with Crippen LogP contribution in [0, 0.1) is 0 Å². The topological polar surface area (TPSA) is 18.5 Å². The molecule has 0 aliphatic rings. The highest BCUT2D eigenvalue weighted by Gasteiger charge is 2.20. The lowest BCUT2D eigenvalue weighted by atomic mass is 10.2. The van der Waals surface area contributed by atoms with Gasteiger partial charge in [-0.25, -0.2) is 0 Å². The van der Waals surface area contributed by atoms with Gasteiger partial charge in [0.1, 0.15) is 13.8 Å². The molecule has 0 N–H and O–H groups in total. The summed E-state index contributed by atoms with van der Waals surface area (Å²) in [5.41, 5.74) is 1.08. The van der Waals surface area contributed by atoms with Crippen molar-refractivity contribution in [2.75, 3.05) is 13.7 Å². The summed E-state index contributed by atoms with van der Waals surface area (Å²) in [5, 5.41) is 1.13. The highest BCUT2D eigenvalue weighted by atomic mass is 28.3. The van der Waals surface area contributed by atoms with Gasteiger partial charge in [-0.15, -0.1) is 0 Å². The second-order valence-corrected chi connectivity index (χ2v) is 10.3. The third-order valence-corrected chi connectivity index (χ3v) is 4.49. The third kappa shape index (κ3) is 4.95. The largest absolute Gasteiger partial charge is 0.503 e. The Hall–Kier alpha value is -1.48. The van der Waals surface area contributed by atoms with E-state index in [0.717, 1.165) is 23.3 Å². The van der Waals surface area contributed by atoms with E-state index in [2.05, 4.69) is 31.8 Å². The molecule has 0 bridgehead atoms. The Balaban J connectivity index is 2.91. The van der Waals surface area contributed by atoms with Crippen LogP contribution in [0.1, 0.15) is 12.5 Å². The van der Waals surface area contributed by atoms with E-state index >= 15 is 0 Å². The van der Waals surface area contributed by atoms with Gasteiger partial charge in [0, 0.05) is 5.56 Å². The van der Waals surface area contributed by atoms with Gasteiger partial charge in [0.15, 0.2) is 0 Å². The molecular formula is C16H24O2Si. The molecular weight excluding hydrogens is 252 g/mol. The molecule has 0 heterocycles. The molecule has 0 radical (unpaired) electrons. The number of methoxy groups -OCH3 is 1. The van der Waals surface area contributed by atoms with E-state index in [4.69, 9.17) is 9.47 Å². The monoisotopic (exact) mass is 276 g/mol. The molecule has 0 saturated heterocycles. The first kappa shape index (κ1) is 15.6. The van der Waals surface area contributed by atoms with E-state index in [1.54, 1.807) is 7.11 Å². The maximum absolute atomic E-state index is 5.74. The molecule has 0 unspecified atom stereocenters. The zero-order valence-corrected chi connectivity index (χ0v) is 13.6. The number of para-hydroxylation sites is 1. The molecule has 19 heavy (non-hydrogen) atoms. The van der Waals surface area contributed by atoms with E-state index in [1.165, 1.54) is 0 Å². The van der Waals surface area contributed by atoms with E-state index in [1.807, 2.05) is 37.3 Å². The fourth-order valence-corrected chi connectivity index (χ4v) is 2.89. The summed E-state index contributed by atoms with van der Waals surface area (Å²) >= 11 is 0. The van der Waals surface area contributed by atoms with Gasteiger partial charge in [-0.3, -0.25) is 0 Å². The Kier molecular flexibility index (Phi) is 5.89. The van der Waals surface area contributed by atoms with Gasteiger partial charge >= 0.3 is 0 Å². The Labute approximate surface area is 117 Å². The van der Waals surface area contributed by atoms with Crippen molar-refractivity contribution in [3.63, 3.8) is 0 Å². The minimum Gasteiger partial charge on any atom is -0.503 e. The molecule has 0 spiro atoms. The fraction of sp³-hybridized carbons (Fsp3) is 0.375. The summed E-state index contributed by atoms with van der Waals surface area (Å²) in [5.74, 6) is 0.887. The van der Waals surface area contributed by atoms with Gasteiger partial charge in [-0.05, 0) is 19.1 Å². The van der Waals surface area contributed by atoms with Crippen LogP contribution in [0.4, 0.5) is 0 Å². The standard InChI is InChI=1S/C16H24O2Si/c1-6-18-16(19(3,4)5)13-9-11-14-10-7-8-12-15(14)17-2/h7-13H,6H2,1-5H3/b11-9+,16-13-. The molecule has 1 aromatic carbocycles. The number of hydrogen-bond donors (Lipinski definition) is 0. The van der Waals surface area contributed by atoms with Gasteiger partial charge in [0.2, 0.25) is 0 Å². The first-order chi connectivity index (χ1) is 8.99. The van der Waals surface area contributed by atoms with Crippen LogP contribution < -0.4 is 4.74 Å². The number of rotatable bonds is 6. The van der Waals surface area contributed by atoms with Gasteiger partial charge < -0.3 is 9.47 Å². The van der Waals surface area contributed by atoms with Crippen molar-refractivity contribution in [1.29, 1.82) is 0 Å². The molecule has 0 atom stereocenters.